The zero-order valence-electron chi connectivity index (χ0n) is 14.2. The van der Waals surface area contributed by atoms with E-state index >= 15 is 0 Å². The largest absolute Gasteiger partial charge is 0.472 e. The minimum absolute atomic E-state index is 0.0468. The van der Waals surface area contributed by atoms with Crippen LogP contribution in [-0.4, -0.2) is 53.0 Å². The van der Waals surface area contributed by atoms with Gasteiger partial charge in [0, 0.05) is 38.3 Å². The Morgan fingerprint density at radius 3 is 2.68 bits per heavy atom. The number of anilines is 2. The van der Waals surface area contributed by atoms with Crippen molar-refractivity contribution in [2.45, 2.75) is 31.7 Å². The smallest absolute Gasteiger partial charge is 0.257 e. The number of likely N-dealkylation sites (tertiary alicyclic amines) is 1. The predicted molar refractivity (Wildman–Crippen MR) is 94.7 cm³/mol. The molecular formula is C18H23N5O2. The van der Waals surface area contributed by atoms with Gasteiger partial charge in [-0.15, -0.1) is 0 Å². The van der Waals surface area contributed by atoms with Gasteiger partial charge in [-0.1, -0.05) is 0 Å². The van der Waals surface area contributed by atoms with Gasteiger partial charge in [0.15, 0.2) is 0 Å². The monoisotopic (exact) mass is 341 g/mol. The van der Waals surface area contributed by atoms with Crippen LogP contribution in [0.4, 0.5) is 11.6 Å². The Hall–Kier alpha value is -2.57. The van der Waals surface area contributed by atoms with Crippen LogP contribution in [0.15, 0.2) is 35.4 Å². The number of carbonyl (C=O) groups is 1. The molecule has 0 atom stereocenters. The fourth-order valence-electron chi connectivity index (χ4n) is 3.55. The van der Waals surface area contributed by atoms with E-state index in [-0.39, 0.29) is 5.91 Å². The highest BCUT2D eigenvalue weighted by Gasteiger charge is 2.24. The lowest BCUT2D eigenvalue weighted by Crippen LogP contribution is -2.42. The summed E-state index contributed by atoms with van der Waals surface area (Å²) in [5.41, 5.74) is 0.623. The van der Waals surface area contributed by atoms with Gasteiger partial charge in [0.2, 0.25) is 0 Å². The number of amides is 1. The summed E-state index contributed by atoms with van der Waals surface area (Å²) in [5.74, 6) is 1.92. The molecule has 25 heavy (non-hydrogen) atoms. The molecular weight excluding hydrogens is 318 g/mol. The number of furan rings is 1. The van der Waals surface area contributed by atoms with Crippen LogP contribution in [0.2, 0.25) is 0 Å². The SMILES string of the molecule is O=C(c1ccoc1)N1CCC(Nc2cc(N3CCCC3)ncn2)CC1. The van der Waals surface area contributed by atoms with Crippen LogP contribution in [0.5, 0.6) is 0 Å². The van der Waals surface area contributed by atoms with E-state index in [4.69, 9.17) is 4.42 Å². The number of hydrogen-bond donors (Lipinski definition) is 1. The van der Waals surface area contributed by atoms with Gasteiger partial charge in [-0.2, -0.15) is 0 Å². The first-order valence-electron chi connectivity index (χ1n) is 8.94. The Kier molecular flexibility index (Phi) is 4.54. The molecule has 2 saturated heterocycles. The third-order valence-electron chi connectivity index (χ3n) is 4.99. The van der Waals surface area contributed by atoms with Crippen LogP contribution in [0, 0.1) is 0 Å². The molecule has 1 amide bonds. The molecule has 0 radical (unpaired) electrons. The minimum Gasteiger partial charge on any atom is -0.472 e. The lowest BCUT2D eigenvalue weighted by molar-refractivity contribution is 0.0717. The third-order valence-corrected chi connectivity index (χ3v) is 4.99. The van der Waals surface area contributed by atoms with Crippen molar-refractivity contribution in [3.8, 4) is 0 Å². The Morgan fingerprint density at radius 2 is 1.96 bits per heavy atom. The Bertz CT molecular complexity index is 704. The van der Waals surface area contributed by atoms with Gasteiger partial charge in [0.25, 0.3) is 5.91 Å². The van der Waals surface area contributed by atoms with Gasteiger partial charge in [-0.25, -0.2) is 9.97 Å². The third kappa shape index (κ3) is 3.60. The molecule has 4 heterocycles. The second-order valence-corrected chi connectivity index (χ2v) is 6.68. The number of aromatic nitrogens is 2. The average molecular weight is 341 g/mol. The zero-order valence-corrected chi connectivity index (χ0v) is 14.2. The Balaban J connectivity index is 1.33. The number of carbonyl (C=O) groups excluding carboxylic acids is 1. The summed E-state index contributed by atoms with van der Waals surface area (Å²) in [4.78, 5) is 25.3. The van der Waals surface area contributed by atoms with Crippen LogP contribution in [0.1, 0.15) is 36.0 Å². The molecule has 0 bridgehead atoms. The summed E-state index contributed by atoms with van der Waals surface area (Å²) >= 11 is 0. The summed E-state index contributed by atoms with van der Waals surface area (Å²) in [6, 6.07) is 4.08. The number of piperidine rings is 1. The summed E-state index contributed by atoms with van der Waals surface area (Å²) in [6.07, 6.45) is 8.96. The molecule has 0 saturated carbocycles. The van der Waals surface area contributed by atoms with Crippen molar-refractivity contribution in [2.75, 3.05) is 36.4 Å². The van der Waals surface area contributed by atoms with E-state index in [1.165, 1.54) is 25.4 Å². The molecule has 2 aromatic rings. The van der Waals surface area contributed by atoms with Crippen molar-refractivity contribution in [2.24, 2.45) is 0 Å². The summed E-state index contributed by atoms with van der Waals surface area (Å²) < 4.78 is 5.00. The number of hydrogen-bond acceptors (Lipinski definition) is 6. The van der Waals surface area contributed by atoms with Crippen molar-refractivity contribution in [3.63, 3.8) is 0 Å². The van der Waals surface area contributed by atoms with E-state index in [0.717, 1.165) is 50.7 Å². The number of rotatable bonds is 4. The van der Waals surface area contributed by atoms with Gasteiger partial charge in [-0.05, 0) is 31.7 Å². The average Bonchev–Trinajstić information content (AvgIpc) is 3.36. The first-order valence-corrected chi connectivity index (χ1v) is 8.94. The standard InChI is InChI=1S/C18H23N5O2/c24-18(14-5-10-25-12-14)23-8-3-15(4-9-23)21-16-11-17(20-13-19-16)22-6-1-2-7-22/h5,10-13,15H,1-4,6-9H2,(H,19,20,21). The molecule has 0 unspecified atom stereocenters. The predicted octanol–water partition coefficient (Wildman–Crippen LogP) is 2.39. The maximum atomic E-state index is 12.3. The molecule has 0 aromatic carbocycles. The molecule has 7 heteroatoms. The molecule has 2 aliphatic heterocycles. The lowest BCUT2D eigenvalue weighted by Gasteiger charge is -2.32. The molecule has 2 aromatic heterocycles. The number of nitrogens with zero attached hydrogens (tertiary/aromatic N) is 4. The van der Waals surface area contributed by atoms with Gasteiger partial charge >= 0.3 is 0 Å². The summed E-state index contributed by atoms with van der Waals surface area (Å²) in [7, 11) is 0. The normalized spacial score (nSPS) is 18.6. The first-order chi connectivity index (χ1) is 12.3. The fourth-order valence-corrected chi connectivity index (χ4v) is 3.55. The maximum absolute atomic E-state index is 12.3. The van der Waals surface area contributed by atoms with Gasteiger partial charge in [0.05, 0.1) is 11.8 Å². The van der Waals surface area contributed by atoms with Crippen molar-refractivity contribution >= 4 is 17.5 Å². The first kappa shape index (κ1) is 15.9. The second kappa shape index (κ2) is 7.13. The van der Waals surface area contributed by atoms with Crippen LogP contribution < -0.4 is 10.2 Å². The Morgan fingerprint density at radius 1 is 1.16 bits per heavy atom. The summed E-state index contributed by atoms with van der Waals surface area (Å²) in [5, 5.41) is 3.50. The topological polar surface area (TPSA) is 74.5 Å². The van der Waals surface area contributed by atoms with Crippen LogP contribution in [0.25, 0.3) is 0 Å². The van der Waals surface area contributed by atoms with E-state index in [2.05, 4.69) is 20.2 Å². The van der Waals surface area contributed by atoms with E-state index in [0.29, 0.717) is 11.6 Å². The van der Waals surface area contributed by atoms with E-state index in [9.17, 15) is 4.79 Å². The molecule has 0 aliphatic carbocycles. The van der Waals surface area contributed by atoms with Gasteiger partial charge in [-0.3, -0.25) is 4.79 Å². The minimum atomic E-state index is 0.0468. The van der Waals surface area contributed by atoms with Crippen molar-refractivity contribution in [1.29, 1.82) is 0 Å². The van der Waals surface area contributed by atoms with Crippen LogP contribution in [0.3, 0.4) is 0 Å². The quantitative estimate of drug-likeness (QED) is 0.920. The molecule has 4 rings (SSSR count). The van der Waals surface area contributed by atoms with Crippen LogP contribution >= 0.6 is 0 Å². The highest BCUT2D eigenvalue weighted by Crippen LogP contribution is 2.22. The van der Waals surface area contributed by atoms with Crippen molar-refractivity contribution in [1.82, 2.24) is 14.9 Å². The number of nitrogens with one attached hydrogen (secondary N) is 1. The van der Waals surface area contributed by atoms with E-state index < -0.39 is 0 Å². The van der Waals surface area contributed by atoms with Crippen LogP contribution in [-0.2, 0) is 0 Å². The second-order valence-electron chi connectivity index (χ2n) is 6.68. The van der Waals surface area contributed by atoms with Crippen molar-refractivity contribution < 1.29 is 9.21 Å². The molecule has 2 aliphatic rings. The molecule has 7 nitrogen and oxygen atoms in total. The lowest BCUT2D eigenvalue weighted by atomic mass is 10.0. The molecule has 1 N–H and O–H groups in total. The highest BCUT2D eigenvalue weighted by molar-refractivity contribution is 5.93. The Labute approximate surface area is 147 Å². The van der Waals surface area contributed by atoms with Gasteiger partial charge < -0.3 is 19.5 Å². The van der Waals surface area contributed by atoms with Crippen molar-refractivity contribution in [3.05, 3.63) is 36.5 Å². The van der Waals surface area contributed by atoms with E-state index in [1.54, 1.807) is 12.4 Å². The zero-order chi connectivity index (χ0) is 17.1. The highest BCUT2D eigenvalue weighted by atomic mass is 16.3. The molecule has 2 fully saturated rings. The fraction of sp³-hybridized carbons (Fsp3) is 0.500. The molecule has 0 spiro atoms. The van der Waals surface area contributed by atoms with Gasteiger partial charge in [0.1, 0.15) is 24.2 Å². The summed E-state index contributed by atoms with van der Waals surface area (Å²) in [6.45, 7) is 3.63. The maximum Gasteiger partial charge on any atom is 0.257 e. The molecule has 132 valence electrons. The van der Waals surface area contributed by atoms with E-state index in [1.807, 2.05) is 11.0 Å².